The van der Waals surface area contributed by atoms with E-state index in [4.69, 9.17) is 0 Å². The van der Waals surface area contributed by atoms with E-state index in [0.717, 1.165) is 31.7 Å². The Balaban J connectivity index is 2.08. The van der Waals surface area contributed by atoms with Crippen molar-refractivity contribution < 1.29 is 17.6 Å². The Morgan fingerprint density at radius 3 is 2.44 bits per heavy atom. The molecule has 1 aromatic carbocycles. The predicted molar refractivity (Wildman–Crippen MR) is 60.5 cm³/mol. The highest BCUT2D eigenvalue weighted by Gasteiger charge is 2.34. The van der Waals surface area contributed by atoms with Gasteiger partial charge in [-0.15, -0.1) is 0 Å². The van der Waals surface area contributed by atoms with Crippen LogP contribution in [0.25, 0.3) is 0 Å². The third kappa shape index (κ3) is 3.02. The van der Waals surface area contributed by atoms with Crippen LogP contribution in [0.15, 0.2) is 18.2 Å². The van der Waals surface area contributed by atoms with Crippen LogP contribution in [-0.2, 0) is 12.7 Å². The van der Waals surface area contributed by atoms with Crippen molar-refractivity contribution in [3.05, 3.63) is 35.1 Å². The summed E-state index contributed by atoms with van der Waals surface area (Å²) in [7, 11) is 0. The molecule has 0 unspecified atom stereocenters. The first-order valence-corrected chi connectivity index (χ1v) is 6.06. The van der Waals surface area contributed by atoms with Gasteiger partial charge < -0.3 is 5.32 Å². The molecular formula is C13H15F4N. The summed E-state index contributed by atoms with van der Waals surface area (Å²) in [4.78, 5) is 0. The molecule has 1 nitrogen and oxygen atoms in total. The van der Waals surface area contributed by atoms with Gasteiger partial charge in [0.2, 0.25) is 0 Å². The van der Waals surface area contributed by atoms with Crippen molar-refractivity contribution in [3.63, 3.8) is 0 Å². The highest BCUT2D eigenvalue weighted by molar-refractivity contribution is 5.28. The van der Waals surface area contributed by atoms with Gasteiger partial charge in [0.25, 0.3) is 0 Å². The van der Waals surface area contributed by atoms with Crippen molar-refractivity contribution in [2.75, 3.05) is 0 Å². The molecule has 0 aromatic heterocycles. The summed E-state index contributed by atoms with van der Waals surface area (Å²) in [5, 5.41) is 3.11. The van der Waals surface area contributed by atoms with Crippen LogP contribution >= 0.6 is 0 Å². The van der Waals surface area contributed by atoms with E-state index in [1.807, 2.05) is 0 Å². The normalized spacial score (nSPS) is 17.3. The van der Waals surface area contributed by atoms with Crippen molar-refractivity contribution in [1.29, 1.82) is 0 Å². The fourth-order valence-corrected chi connectivity index (χ4v) is 2.32. The van der Waals surface area contributed by atoms with Gasteiger partial charge in [0.1, 0.15) is 5.82 Å². The van der Waals surface area contributed by atoms with Crippen LogP contribution in [0, 0.1) is 5.82 Å². The van der Waals surface area contributed by atoms with Crippen LogP contribution in [0.4, 0.5) is 17.6 Å². The molecule has 0 saturated heterocycles. The highest BCUT2D eigenvalue weighted by Crippen LogP contribution is 2.32. The summed E-state index contributed by atoms with van der Waals surface area (Å²) in [5.74, 6) is -1.16. The molecule has 1 saturated carbocycles. The van der Waals surface area contributed by atoms with E-state index in [0.29, 0.717) is 6.04 Å². The maximum Gasteiger partial charge on any atom is 0.419 e. The summed E-state index contributed by atoms with van der Waals surface area (Å²) < 4.78 is 51.2. The first-order valence-electron chi connectivity index (χ1n) is 6.06. The van der Waals surface area contributed by atoms with Gasteiger partial charge in [0, 0.05) is 18.2 Å². The van der Waals surface area contributed by atoms with Crippen molar-refractivity contribution in [2.45, 2.75) is 44.4 Å². The maximum absolute atomic E-state index is 13.7. The summed E-state index contributed by atoms with van der Waals surface area (Å²) in [6.45, 7) is 0.153. The van der Waals surface area contributed by atoms with E-state index in [9.17, 15) is 17.6 Å². The van der Waals surface area contributed by atoms with Gasteiger partial charge in [-0.2, -0.15) is 13.2 Å². The Bertz CT molecular complexity index is 408. The zero-order chi connectivity index (χ0) is 13.2. The monoisotopic (exact) mass is 261 g/mol. The Labute approximate surface area is 103 Å². The number of hydrogen-bond donors (Lipinski definition) is 1. The fraction of sp³-hybridized carbons (Fsp3) is 0.538. The molecule has 1 N–H and O–H groups in total. The topological polar surface area (TPSA) is 12.0 Å². The first kappa shape index (κ1) is 13.3. The smallest absolute Gasteiger partial charge is 0.310 e. The Morgan fingerprint density at radius 1 is 1.17 bits per heavy atom. The van der Waals surface area contributed by atoms with Crippen molar-refractivity contribution in [1.82, 2.24) is 5.32 Å². The molecule has 1 aliphatic carbocycles. The van der Waals surface area contributed by atoms with Crippen LogP contribution in [0.5, 0.6) is 0 Å². The van der Waals surface area contributed by atoms with Crippen LogP contribution < -0.4 is 5.32 Å². The Hall–Kier alpha value is -1.10. The van der Waals surface area contributed by atoms with Crippen molar-refractivity contribution >= 4 is 0 Å². The quantitative estimate of drug-likeness (QED) is 0.814. The number of hydrogen-bond acceptors (Lipinski definition) is 1. The van der Waals surface area contributed by atoms with Crippen LogP contribution in [0.1, 0.15) is 36.8 Å². The molecule has 0 amide bonds. The summed E-state index contributed by atoms with van der Waals surface area (Å²) in [6, 6.07) is 3.72. The number of halogens is 4. The third-order valence-corrected chi connectivity index (χ3v) is 3.32. The van der Waals surface area contributed by atoms with Gasteiger partial charge >= 0.3 is 6.18 Å². The molecule has 0 radical (unpaired) electrons. The maximum atomic E-state index is 13.7. The van der Waals surface area contributed by atoms with Crippen LogP contribution in [-0.4, -0.2) is 6.04 Å². The van der Waals surface area contributed by atoms with Crippen molar-refractivity contribution in [3.8, 4) is 0 Å². The molecule has 1 fully saturated rings. The molecule has 0 bridgehead atoms. The fourth-order valence-electron chi connectivity index (χ4n) is 2.32. The number of rotatable bonds is 3. The minimum absolute atomic E-state index is 0.0803. The molecule has 1 aromatic rings. The SMILES string of the molecule is Fc1c(CNC2CCCC2)cccc1C(F)(F)F. The lowest BCUT2D eigenvalue weighted by atomic mass is 10.1. The van der Waals surface area contributed by atoms with Gasteiger partial charge in [0.15, 0.2) is 0 Å². The average Bonchev–Trinajstić information content (AvgIpc) is 2.79. The molecule has 0 atom stereocenters. The second kappa shape index (κ2) is 5.26. The standard InChI is InChI=1S/C13H15F4N/c14-12-9(8-18-10-5-1-2-6-10)4-3-7-11(12)13(15,16)17/h3-4,7,10,18H,1-2,5-6,8H2. The molecule has 1 aliphatic rings. The molecule has 5 heteroatoms. The number of alkyl halides is 3. The minimum Gasteiger partial charge on any atom is -0.310 e. The largest absolute Gasteiger partial charge is 0.419 e. The van der Waals surface area contributed by atoms with E-state index in [2.05, 4.69) is 5.32 Å². The molecule has 100 valence electrons. The molecule has 0 spiro atoms. The first-order chi connectivity index (χ1) is 8.48. The van der Waals surface area contributed by atoms with E-state index in [-0.39, 0.29) is 12.1 Å². The lowest BCUT2D eigenvalue weighted by Gasteiger charge is -2.14. The molecule has 0 aliphatic heterocycles. The summed E-state index contributed by atoms with van der Waals surface area (Å²) >= 11 is 0. The highest BCUT2D eigenvalue weighted by atomic mass is 19.4. The van der Waals surface area contributed by atoms with Gasteiger partial charge in [-0.3, -0.25) is 0 Å². The van der Waals surface area contributed by atoms with Gasteiger partial charge in [-0.25, -0.2) is 4.39 Å². The van der Waals surface area contributed by atoms with Crippen LogP contribution in [0.3, 0.4) is 0 Å². The lowest BCUT2D eigenvalue weighted by Crippen LogP contribution is -2.26. The molecule has 2 rings (SSSR count). The Kier molecular flexibility index (Phi) is 3.90. The summed E-state index contributed by atoms with van der Waals surface area (Å²) in [5.41, 5.74) is -1.11. The van der Waals surface area contributed by atoms with E-state index in [1.54, 1.807) is 0 Å². The molecule has 18 heavy (non-hydrogen) atoms. The third-order valence-electron chi connectivity index (χ3n) is 3.32. The second-order valence-corrected chi connectivity index (χ2v) is 4.64. The van der Waals surface area contributed by atoms with E-state index < -0.39 is 17.6 Å². The van der Waals surface area contributed by atoms with Crippen LogP contribution in [0.2, 0.25) is 0 Å². The zero-order valence-corrected chi connectivity index (χ0v) is 9.86. The van der Waals surface area contributed by atoms with E-state index in [1.165, 1.54) is 12.1 Å². The second-order valence-electron chi connectivity index (χ2n) is 4.64. The molecule has 0 heterocycles. The average molecular weight is 261 g/mol. The number of nitrogens with one attached hydrogen (secondary N) is 1. The van der Waals surface area contributed by atoms with Gasteiger partial charge in [-0.05, 0) is 18.9 Å². The zero-order valence-electron chi connectivity index (χ0n) is 9.86. The van der Waals surface area contributed by atoms with Crippen molar-refractivity contribution in [2.24, 2.45) is 0 Å². The van der Waals surface area contributed by atoms with Gasteiger partial charge in [0.05, 0.1) is 5.56 Å². The number of benzene rings is 1. The van der Waals surface area contributed by atoms with Gasteiger partial charge in [-0.1, -0.05) is 25.0 Å². The minimum atomic E-state index is -4.63. The van der Waals surface area contributed by atoms with E-state index >= 15 is 0 Å². The summed E-state index contributed by atoms with van der Waals surface area (Å²) in [6.07, 6.45) is -0.347. The molecular weight excluding hydrogens is 246 g/mol. The Morgan fingerprint density at radius 2 is 1.83 bits per heavy atom. The lowest BCUT2D eigenvalue weighted by molar-refractivity contribution is -0.140. The predicted octanol–water partition coefficient (Wildman–Crippen LogP) is 3.88.